The van der Waals surface area contributed by atoms with Crippen LogP contribution in [0.5, 0.6) is 0 Å². The van der Waals surface area contributed by atoms with Crippen LogP contribution in [0.2, 0.25) is 0 Å². The molecule has 0 aliphatic carbocycles. The van der Waals surface area contributed by atoms with Crippen LogP contribution >= 0.6 is 0 Å². The number of carboxylic acid groups (broad SMARTS) is 1. The Morgan fingerprint density at radius 1 is 1.19 bits per heavy atom. The molecular formula is C18H21NO2. The molecule has 110 valence electrons. The molecule has 0 amide bonds. The Balaban J connectivity index is 1.84. The SMILES string of the molecule is CC1CN(C(C)c2ccc3ccccc3c2)CC1C(=O)O. The molecule has 1 aliphatic rings. The highest BCUT2D eigenvalue weighted by Crippen LogP contribution is 2.32. The van der Waals surface area contributed by atoms with Gasteiger partial charge in [-0.2, -0.15) is 0 Å². The van der Waals surface area contributed by atoms with Gasteiger partial charge in [-0.25, -0.2) is 0 Å². The molecule has 1 N–H and O–H groups in total. The van der Waals surface area contributed by atoms with Crippen molar-refractivity contribution in [3.63, 3.8) is 0 Å². The van der Waals surface area contributed by atoms with E-state index in [2.05, 4.69) is 48.2 Å². The predicted molar refractivity (Wildman–Crippen MR) is 84.2 cm³/mol. The summed E-state index contributed by atoms with van der Waals surface area (Å²) >= 11 is 0. The molecule has 1 fully saturated rings. The van der Waals surface area contributed by atoms with Gasteiger partial charge in [-0.15, -0.1) is 0 Å². The van der Waals surface area contributed by atoms with Crippen molar-refractivity contribution >= 4 is 16.7 Å². The third kappa shape index (κ3) is 2.66. The summed E-state index contributed by atoms with van der Waals surface area (Å²) in [4.78, 5) is 13.6. The Morgan fingerprint density at radius 3 is 2.57 bits per heavy atom. The van der Waals surface area contributed by atoms with Crippen LogP contribution in [0.4, 0.5) is 0 Å². The maximum atomic E-state index is 11.3. The quantitative estimate of drug-likeness (QED) is 0.936. The summed E-state index contributed by atoms with van der Waals surface area (Å²) in [7, 11) is 0. The summed E-state index contributed by atoms with van der Waals surface area (Å²) in [5, 5.41) is 11.8. The van der Waals surface area contributed by atoms with Crippen molar-refractivity contribution in [2.75, 3.05) is 13.1 Å². The molecule has 0 radical (unpaired) electrons. The fraction of sp³-hybridized carbons (Fsp3) is 0.389. The second-order valence-corrected chi connectivity index (χ2v) is 6.16. The minimum Gasteiger partial charge on any atom is -0.481 e. The summed E-state index contributed by atoms with van der Waals surface area (Å²) in [6, 6.07) is 15.1. The van der Waals surface area contributed by atoms with Gasteiger partial charge >= 0.3 is 5.97 Å². The third-order valence-electron chi connectivity index (χ3n) is 4.76. The summed E-state index contributed by atoms with van der Waals surface area (Å²) < 4.78 is 0. The van der Waals surface area contributed by atoms with E-state index < -0.39 is 5.97 Å². The zero-order valence-electron chi connectivity index (χ0n) is 12.5. The summed E-state index contributed by atoms with van der Waals surface area (Å²) in [6.45, 7) is 5.70. The Morgan fingerprint density at radius 2 is 1.90 bits per heavy atom. The molecule has 3 rings (SSSR count). The second kappa shape index (κ2) is 5.49. The van der Waals surface area contributed by atoms with Gasteiger partial charge in [0, 0.05) is 19.1 Å². The minimum atomic E-state index is -0.671. The van der Waals surface area contributed by atoms with E-state index in [1.165, 1.54) is 16.3 Å². The van der Waals surface area contributed by atoms with Crippen molar-refractivity contribution in [1.82, 2.24) is 4.90 Å². The molecule has 0 aromatic heterocycles. The largest absolute Gasteiger partial charge is 0.481 e. The van der Waals surface area contributed by atoms with Crippen molar-refractivity contribution in [2.24, 2.45) is 11.8 Å². The zero-order chi connectivity index (χ0) is 15.0. The summed E-state index contributed by atoms with van der Waals surface area (Å²) in [5.74, 6) is -0.700. The number of hydrogen-bond acceptors (Lipinski definition) is 2. The van der Waals surface area contributed by atoms with E-state index in [4.69, 9.17) is 0 Å². The predicted octanol–water partition coefficient (Wildman–Crippen LogP) is 3.55. The van der Waals surface area contributed by atoms with Gasteiger partial charge in [0.15, 0.2) is 0 Å². The summed E-state index contributed by atoms with van der Waals surface area (Å²) in [6.07, 6.45) is 0. The molecule has 3 nitrogen and oxygen atoms in total. The number of rotatable bonds is 3. The molecule has 0 spiro atoms. The van der Waals surface area contributed by atoms with Gasteiger partial charge in [-0.3, -0.25) is 9.69 Å². The average Bonchev–Trinajstić information content (AvgIpc) is 2.88. The maximum absolute atomic E-state index is 11.3. The van der Waals surface area contributed by atoms with Crippen molar-refractivity contribution < 1.29 is 9.90 Å². The smallest absolute Gasteiger partial charge is 0.308 e. The lowest BCUT2D eigenvalue weighted by Gasteiger charge is -2.25. The van der Waals surface area contributed by atoms with E-state index in [-0.39, 0.29) is 17.9 Å². The van der Waals surface area contributed by atoms with Gasteiger partial charge in [0.25, 0.3) is 0 Å². The van der Waals surface area contributed by atoms with Gasteiger partial charge in [0.2, 0.25) is 0 Å². The van der Waals surface area contributed by atoms with Gasteiger partial charge < -0.3 is 5.11 Å². The monoisotopic (exact) mass is 283 g/mol. The molecule has 3 heteroatoms. The van der Waals surface area contributed by atoms with Crippen molar-refractivity contribution in [1.29, 1.82) is 0 Å². The van der Waals surface area contributed by atoms with Crippen molar-refractivity contribution in [3.05, 3.63) is 48.0 Å². The molecular weight excluding hydrogens is 262 g/mol. The number of carboxylic acids is 1. The molecule has 1 heterocycles. The lowest BCUT2D eigenvalue weighted by molar-refractivity contribution is -0.142. The van der Waals surface area contributed by atoms with E-state index in [9.17, 15) is 9.90 Å². The number of aliphatic carboxylic acids is 1. The van der Waals surface area contributed by atoms with Crippen LogP contribution in [0.1, 0.15) is 25.5 Å². The van der Waals surface area contributed by atoms with Gasteiger partial charge in [-0.1, -0.05) is 43.3 Å². The fourth-order valence-corrected chi connectivity index (χ4v) is 3.32. The molecule has 0 saturated carbocycles. The van der Waals surface area contributed by atoms with Crippen molar-refractivity contribution in [3.8, 4) is 0 Å². The fourth-order valence-electron chi connectivity index (χ4n) is 3.32. The first-order chi connectivity index (χ1) is 10.1. The first-order valence-corrected chi connectivity index (χ1v) is 7.52. The first-order valence-electron chi connectivity index (χ1n) is 7.52. The van der Waals surface area contributed by atoms with E-state index in [0.29, 0.717) is 6.54 Å². The Labute approximate surface area is 125 Å². The second-order valence-electron chi connectivity index (χ2n) is 6.16. The number of carbonyl (C=O) groups is 1. The van der Waals surface area contributed by atoms with E-state index >= 15 is 0 Å². The van der Waals surface area contributed by atoms with Gasteiger partial charge in [-0.05, 0) is 35.2 Å². The van der Waals surface area contributed by atoms with Crippen LogP contribution in [0, 0.1) is 11.8 Å². The Bertz CT molecular complexity index is 667. The molecule has 2 aromatic rings. The Hall–Kier alpha value is -1.87. The highest BCUT2D eigenvalue weighted by molar-refractivity contribution is 5.83. The van der Waals surface area contributed by atoms with E-state index in [1.807, 2.05) is 13.0 Å². The van der Waals surface area contributed by atoms with E-state index in [0.717, 1.165) is 6.54 Å². The topological polar surface area (TPSA) is 40.5 Å². The van der Waals surface area contributed by atoms with Crippen molar-refractivity contribution in [2.45, 2.75) is 19.9 Å². The molecule has 3 atom stereocenters. The molecule has 2 aromatic carbocycles. The lowest BCUT2D eigenvalue weighted by Crippen LogP contribution is -2.26. The third-order valence-corrected chi connectivity index (χ3v) is 4.76. The molecule has 21 heavy (non-hydrogen) atoms. The molecule has 1 saturated heterocycles. The first kappa shape index (κ1) is 14.1. The van der Waals surface area contributed by atoms with Crippen LogP contribution in [0.15, 0.2) is 42.5 Å². The number of fused-ring (bicyclic) bond motifs is 1. The molecule has 0 bridgehead atoms. The number of hydrogen-bond donors (Lipinski definition) is 1. The number of likely N-dealkylation sites (tertiary alicyclic amines) is 1. The van der Waals surface area contributed by atoms with Gasteiger partial charge in [0.05, 0.1) is 5.92 Å². The van der Waals surface area contributed by atoms with Crippen LogP contribution in [0.25, 0.3) is 10.8 Å². The molecule has 1 aliphatic heterocycles. The number of nitrogens with zero attached hydrogens (tertiary/aromatic N) is 1. The van der Waals surface area contributed by atoms with Gasteiger partial charge in [0.1, 0.15) is 0 Å². The minimum absolute atomic E-state index is 0.213. The zero-order valence-corrected chi connectivity index (χ0v) is 12.5. The Kier molecular flexibility index (Phi) is 3.68. The summed E-state index contributed by atoms with van der Waals surface area (Å²) in [5.41, 5.74) is 1.26. The maximum Gasteiger partial charge on any atom is 0.308 e. The highest BCUT2D eigenvalue weighted by atomic mass is 16.4. The van der Waals surface area contributed by atoms with Crippen LogP contribution in [0.3, 0.4) is 0 Å². The van der Waals surface area contributed by atoms with E-state index in [1.54, 1.807) is 0 Å². The average molecular weight is 283 g/mol. The van der Waals surface area contributed by atoms with Crippen LogP contribution < -0.4 is 0 Å². The van der Waals surface area contributed by atoms with Crippen LogP contribution in [-0.2, 0) is 4.79 Å². The highest BCUT2D eigenvalue weighted by Gasteiger charge is 2.36. The lowest BCUT2D eigenvalue weighted by atomic mass is 9.99. The number of benzene rings is 2. The molecule has 3 unspecified atom stereocenters. The normalized spacial score (nSPS) is 24.3. The standard InChI is InChI=1S/C18H21NO2/c1-12-10-19(11-17(12)18(20)21)13(2)15-8-7-14-5-3-4-6-16(14)9-15/h3-9,12-13,17H,10-11H2,1-2H3,(H,20,21). The van der Waals surface area contributed by atoms with Crippen LogP contribution in [-0.4, -0.2) is 29.1 Å².